The lowest BCUT2D eigenvalue weighted by molar-refractivity contribution is 0.0916. The fraction of sp³-hybridized carbons (Fsp3) is 0.0714. The molecule has 0 radical (unpaired) electrons. The number of ether oxygens (including phenoxy) is 1. The zero-order chi connectivity index (χ0) is 14.7. The quantitative estimate of drug-likeness (QED) is 0.746. The third-order valence-corrected chi connectivity index (χ3v) is 3.07. The molecule has 0 spiro atoms. The van der Waals surface area contributed by atoms with E-state index in [2.05, 4.69) is 15.9 Å². The highest BCUT2D eigenvalue weighted by Crippen LogP contribution is 2.32. The van der Waals surface area contributed by atoms with Crippen molar-refractivity contribution in [3.8, 4) is 23.0 Å². The van der Waals surface area contributed by atoms with Crippen molar-refractivity contribution in [2.24, 2.45) is 0 Å². The standard InChI is InChI=1S/C14H11BrO5/c15-8-1-3-10(4-2-8)20-7-13(19)14-11(17)5-9(16)6-12(14)18/h1-6,16-18H,7H2. The summed E-state index contributed by atoms with van der Waals surface area (Å²) in [6, 6.07) is 8.82. The Kier molecular flexibility index (Phi) is 4.14. The molecule has 0 aliphatic carbocycles. The minimum atomic E-state index is -0.595. The molecule has 6 heteroatoms. The number of phenolic OH excluding ortho intramolecular Hbond substituents is 3. The van der Waals surface area contributed by atoms with Crippen LogP contribution < -0.4 is 4.74 Å². The molecule has 0 amide bonds. The normalized spacial score (nSPS) is 10.2. The first-order chi connectivity index (χ1) is 9.47. The number of aromatic hydroxyl groups is 3. The molecule has 0 bridgehead atoms. The molecule has 5 nitrogen and oxygen atoms in total. The third-order valence-electron chi connectivity index (χ3n) is 2.54. The van der Waals surface area contributed by atoms with Gasteiger partial charge in [0.2, 0.25) is 5.78 Å². The second-order valence-corrected chi connectivity index (χ2v) is 4.94. The van der Waals surface area contributed by atoms with Crippen LogP contribution in [0.2, 0.25) is 0 Å². The van der Waals surface area contributed by atoms with Gasteiger partial charge in [0.25, 0.3) is 0 Å². The van der Waals surface area contributed by atoms with Crippen molar-refractivity contribution in [1.29, 1.82) is 0 Å². The van der Waals surface area contributed by atoms with Gasteiger partial charge in [-0.2, -0.15) is 0 Å². The van der Waals surface area contributed by atoms with Crippen molar-refractivity contribution < 1.29 is 24.9 Å². The summed E-state index contributed by atoms with van der Waals surface area (Å²) in [5, 5.41) is 28.3. The van der Waals surface area contributed by atoms with Gasteiger partial charge in [0.15, 0.2) is 6.61 Å². The monoisotopic (exact) mass is 338 g/mol. The predicted molar refractivity (Wildman–Crippen MR) is 75.4 cm³/mol. The number of carbonyl (C=O) groups is 1. The molecule has 0 saturated carbocycles. The van der Waals surface area contributed by atoms with Crippen molar-refractivity contribution in [1.82, 2.24) is 0 Å². The summed E-state index contributed by atoms with van der Waals surface area (Å²) in [4.78, 5) is 11.9. The maximum Gasteiger partial charge on any atom is 0.207 e. The van der Waals surface area contributed by atoms with E-state index < -0.39 is 17.3 Å². The summed E-state index contributed by atoms with van der Waals surface area (Å²) in [7, 11) is 0. The lowest BCUT2D eigenvalue weighted by atomic mass is 10.1. The molecule has 2 aromatic rings. The summed E-state index contributed by atoms with van der Waals surface area (Å²) in [6.45, 7) is -0.340. The average Bonchev–Trinajstić information content (AvgIpc) is 2.37. The van der Waals surface area contributed by atoms with E-state index in [1.54, 1.807) is 24.3 Å². The van der Waals surface area contributed by atoms with Gasteiger partial charge >= 0.3 is 0 Å². The molecular formula is C14H11BrO5. The molecular weight excluding hydrogens is 328 g/mol. The second kappa shape index (κ2) is 5.83. The van der Waals surface area contributed by atoms with Gasteiger partial charge in [-0.25, -0.2) is 0 Å². The summed E-state index contributed by atoms with van der Waals surface area (Å²) < 4.78 is 6.14. The van der Waals surface area contributed by atoms with Gasteiger partial charge in [-0.15, -0.1) is 0 Å². The predicted octanol–water partition coefficient (Wildman–Crippen LogP) is 2.83. The molecule has 104 valence electrons. The molecule has 0 atom stereocenters. The zero-order valence-corrected chi connectivity index (χ0v) is 11.8. The van der Waals surface area contributed by atoms with Crippen molar-refractivity contribution in [3.05, 3.63) is 46.4 Å². The summed E-state index contributed by atoms with van der Waals surface area (Å²) in [5.74, 6) is -1.42. The van der Waals surface area contributed by atoms with E-state index in [4.69, 9.17) is 9.84 Å². The van der Waals surface area contributed by atoms with Crippen LogP contribution in [-0.4, -0.2) is 27.7 Å². The van der Waals surface area contributed by atoms with E-state index in [-0.39, 0.29) is 17.9 Å². The number of carbonyl (C=O) groups excluding carboxylic acids is 1. The van der Waals surface area contributed by atoms with Crippen LogP contribution in [0.4, 0.5) is 0 Å². The van der Waals surface area contributed by atoms with Crippen molar-refractivity contribution >= 4 is 21.7 Å². The van der Waals surface area contributed by atoms with Crippen LogP contribution in [0, 0.1) is 0 Å². The van der Waals surface area contributed by atoms with Crippen LogP contribution in [0.3, 0.4) is 0 Å². The molecule has 20 heavy (non-hydrogen) atoms. The van der Waals surface area contributed by atoms with Crippen LogP contribution in [0.1, 0.15) is 10.4 Å². The Bertz CT molecular complexity index is 614. The van der Waals surface area contributed by atoms with Crippen LogP contribution in [0.5, 0.6) is 23.0 Å². The molecule has 0 heterocycles. The Labute approximate surface area is 123 Å². The van der Waals surface area contributed by atoms with Crippen molar-refractivity contribution in [3.63, 3.8) is 0 Å². The molecule has 0 aliphatic heterocycles. The van der Waals surface area contributed by atoms with Gasteiger partial charge in [0, 0.05) is 16.6 Å². The Hall–Kier alpha value is -2.21. The summed E-state index contributed by atoms with van der Waals surface area (Å²) in [6.07, 6.45) is 0. The smallest absolute Gasteiger partial charge is 0.207 e. The second-order valence-electron chi connectivity index (χ2n) is 4.02. The van der Waals surface area contributed by atoms with E-state index in [1.165, 1.54) is 0 Å². The first kappa shape index (κ1) is 14.2. The van der Waals surface area contributed by atoms with Gasteiger partial charge in [-0.1, -0.05) is 15.9 Å². The van der Waals surface area contributed by atoms with E-state index >= 15 is 0 Å². The Morgan fingerprint density at radius 3 is 2.15 bits per heavy atom. The molecule has 0 fully saturated rings. The Morgan fingerprint density at radius 1 is 1.05 bits per heavy atom. The molecule has 0 aromatic heterocycles. The van der Waals surface area contributed by atoms with Crippen LogP contribution in [-0.2, 0) is 0 Å². The van der Waals surface area contributed by atoms with Gasteiger partial charge in [0.1, 0.15) is 28.6 Å². The highest BCUT2D eigenvalue weighted by atomic mass is 79.9. The number of benzene rings is 2. The van der Waals surface area contributed by atoms with Crippen molar-refractivity contribution in [2.75, 3.05) is 6.61 Å². The van der Waals surface area contributed by atoms with Gasteiger partial charge in [0.05, 0.1) is 0 Å². The van der Waals surface area contributed by atoms with Crippen LogP contribution >= 0.6 is 15.9 Å². The minimum absolute atomic E-state index is 0.278. The first-order valence-electron chi connectivity index (χ1n) is 5.64. The highest BCUT2D eigenvalue weighted by Gasteiger charge is 2.18. The lowest BCUT2D eigenvalue weighted by Gasteiger charge is -2.09. The molecule has 2 aromatic carbocycles. The van der Waals surface area contributed by atoms with E-state index in [0.29, 0.717) is 5.75 Å². The van der Waals surface area contributed by atoms with E-state index in [9.17, 15) is 15.0 Å². The number of halogens is 1. The molecule has 0 unspecified atom stereocenters. The number of rotatable bonds is 4. The van der Waals surface area contributed by atoms with Gasteiger partial charge in [-0.3, -0.25) is 4.79 Å². The molecule has 0 saturated heterocycles. The minimum Gasteiger partial charge on any atom is -0.508 e. The SMILES string of the molecule is O=C(COc1ccc(Br)cc1)c1c(O)cc(O)cc1O. The van der Waals surface area contributed by atoms with Crippen LogP contribution in [0.15, 0.2) is 40.9 Å². The molecule has 3 N–H and O–H groups in total. The average molecular weight is 339 g/mol. The summed E-state index contributed by atoms with van der Waals surface area (Å²) >= 11 is 3.28. The van der Waals surface area contributed by atoms with E-state index in [1.807, 2.05) is 0 Å². The third kappa shape index (κ3) is 3.21. The highest BCUT2D eigenvalue weighted by molar-refractivity contribution is 9.10. The fourth-order valence-electron chi connectivity index (χ4n) is 1.63. The molecule has 2 rings (SSSR count). The summed E-state index contributed by atoms with van der Waals surface area (Å²) in [5.41, 5.74) is -0.278. The maximum atomic E-state index is 11.9. The van der Waals surface area contributed by atoms with Crippen molar-refractivity contribution in [2.45, 2.75) is 0 Å². The topological polar surface area (TPSA) is 87.0 Å². The van der Waals surface area contributed by atoms with E-state index in [0.717, 1.165) is 16.6 Å². The molecule has 0 aliphatic rings. The Balaban J connectivity index is 2.11. The largest absolute Gasteiger partial charge is 0.508 e. The van der Waals surface area contributed by atoms with Gasteiger partial charge < -0.3 is 20.1 Å². The zero-order valence-electron chi connectivity index (χ0n) is 10.2. The van der Waals surface area contributed by atoms with Gasteiger partial charge in [-0.05, 0) is 24.3 Å². The lowest BCUT2D eigenvalue weighted by Crippen LogP contribution is -2.12. The number of phenols is 3. The Morgan fingerprint density at radius 2 is 1.60 bits per heavy atom. The number of hydrogen-bond acceptors (Lipinski definition) is 5. The number of hydrogen-bond donors (Lipinski definition) is 3. The fourth-order valence-corrected chi connectivity index (χ4v) is 1.90. The van der Waals surface area contributed by atoms with Crippen LogP contribution in [0.25, 0.3) is 0 Å². The first-order valence-corrected chi connectivity index (χ1v) is 6.43. The maximum absolute atomic E-state index is 11.9. The number of Topliss-reactive ketones (excluding diaryl/α,β-unsaturated/α-hetero) is 1. The number of ketones is 1.